The molecule has 0 aromatic heterocycles. The Morgan fingerprint density at radius 2 is 1.21 bits per heavy atom. The summed E-state index contributed by atoms with van der Waals surface area (Å²) in [4.78, 5) is 11.6. The summed E-state index contributed by atoms with van der Waals surface area (Å²) in [7, 11) is 0. The summed E-state index contributed by atoms with van der Waals surface area (Å²) in [5.41, 5.74) is 0. The molecule has 2 heteroatoms. The number of ether oxygens (including phenoxy) is 1. The lowest BCUT2D eigenvalue weighted by atomic mass is 10.1. The van der Waals surface area contributed by atoms with Crippen LogP contribution in [-0.4, -0.2) is 12.6 Å². The fraction of sp³-hybridized carbons (Fsp3) is 0.864. The molecule has 0 amide bonds. The lowest BCUT2D eigenvalue weighted by Gasteiger charge is -2.05. The summed E-state index contributed by atoms with van der Waals surface area (Å²) in [5, 5.41) is 0. The van der Waals surface area contributed by atoms with Crippen molar-refractivity contribution in [3.63, 3.8) is 0 Å². The van der Waals surface area contributed by atoms with E-state index in [1.165, 1.54) is 77.0 Å². The average molecular weight is 339 g/mol. The fourth-order valence-electron chi connectivity index (χ4n) is 2.76. The molecule has 0 aliphatic carbocycles. The van der Waals surface area contributed by atoms with Crippen LogP contribution in [0.25, 0.3) is 0 Å². The van der Waals surface area contributed by atoms with Crippen LogP contribution in [0.15, 0.2) is 12.2 Å². The molecule has 24 heavy (non-hydrogen) atoms. The van der Waals surface area contributed by atoms with Crippen LogP contribution < -0.4 is 0 Å². The Bertz CT molecular complexity index is 284. The molecule has 0 saturated heterocycles. The molecule has 142 valence electrons. The number of allylic oxidation sites excluding steroid dienone is 2. The zero-order valence-electron chi connectivity index (χ0n) is 16.5. The molecule has 0 N–H and O–H groups in total. The highest BCUT2D eigenvalue weighted by molar-refractivity contribution is 5.69. The zero-order chi connectivity index (χ0) is 17.7. The van der Waals surface area contributed by atoms with E-state index in [-0.39, 0.29) is 5.97 Å². The molecule has 0 rings (SSSR count). The van der Waals surface area contributed by atoms with Gasteiger partial charge in [-0.2, -0.15) is 0 Å². The Balaban J connectivity index is 3.19. The predicted molar refractivity (Wildman–Crippen MR) is 105 cm³/mol. The lowest BCUT2D eigenvalue weighted by molar-refractivity contribution is -0.143. The van der Waals surface area contributed by atoms with Crippen LogP contribution in [0.1, 0.15) is 117 Å². The summed E-state index contributed by atoms with van der Waals surface area (Å²) in [6.07, 6.45) is 23.7. The molecule has 0 fully saturated rings. The minimum absolute atomic E-state index is 0.00224. The van der Waals surface area contributed by atoms with Gasteiger partial charge in [-0.15, -0.1) is 0 Å². The summed E-state index contributed by atoms with van der Waals surface area (Å²) >= 11 is 0. The van der Waals surface area contributed by atoms with Crippen molar-refractivity contribution in [2.24, 2.45) is 0 Å². The molecular formula is C22H42O2. The van der Waals surface area contributed by atoms with Crippen LogP contribution in [-0.2, 0) is 9.53 Å². The van der Waals surface area contributed by atoms with Crippen LogP contribution in [0.5, 0.6) is 0 Å². The highest BCUT2D eigenvalue weighted by atomic mass is 16.5. The van der Waals surface area contributed by atoms with Crippen LogP contribution in [0, 0.1) is 0 Å². The minimum atomic E-state index is 0.00224. The summed E-state index contributed by atoms with van der Waals surface area (Å²) in [6, 6.07) is 0. The molecule has 0 radical (unpaired) electrons. The Morgan fingerprint density at radius 1 is 0.667 bits per heavy atom. The number of hydrogen-bond acceptors (Lipinski definition) is 2. The van der Waals surface area contributed by atoms with Gasteiger partial charge in [0.2, 0.25) is 0 Å². The standard InChI is InChI=1S/C22H42O2/c1-3-5-7-9-11-12-13-14-15-16-18-20-22(23)24-21-19-17-10-8-6-4-2/h9,11H,3-8,10,12-21H2,1-2H3/b11-9-. The van der Waals surface area contributed by atoms with Crippen molar-refractivity contribution in [3.05, 3.63) is 12.2 Å². The average Bonchev–Trinajstić information content (AvgIpc) is 2.59. The third kappa shape index (κ3) is 19.3. The van der Waals surface area contributed by atoms with E-state index in [1.807, 2.05) is 0 Å². The molecule has 0 atom stereocenters. The number of rotatable bonds is 18. The van der Waals surface area contributed by atoms with E-state index >= 15 is 0 Å². The molecule has 0 heterocycles. The van der Waals surface area contributed by atoms with Gasteiger partial charge >= 0.3 is 5.97 Å². The molecule has 0 aliphatic heterocycles. The first kappa shape index (κ1) is 23.2. The second-order valence-corrected chi connectivity index (χ2v) is 6.91. The normalized spacial score (nSPS) is 11.2. The minimum Gasteiger partial charge on any atom is -0.466 e. The van der Waals surface area contributed by atoms with Gasteiger partial charge in [0.15, 0.2) is 0 Å². The Morgan fingerprint density at radius 3 is 1.92 bits per heavy atom. The largest absolute Gasteiger partial charge is 0.466 e. The van der Waals surface area contributed by atoms with Crippen LogP contribution in [0.3, 0.4) is 0 Å². The number of hydrogen-bond donors (Lipinski definition) is 0. The van der Waals surface area contributed by atoms with Crippen molar-refractivity contribution >= 4 is 5.97 Å². The molecule has 0 bridgehead atoms. The number of carbonyl (C=O) groups excluding carboxylic acids is 1. The monoisotopic (exact) mass is 338 g/mol. The van der Waals surface area contributed by atoms with E-state index in [1.54, 1.807) is 0 Å². The second-order valence-electron chi connectivity index (χ2n) is 6.91. The summed E-state index contributed by atoms with van der Waals surface area (Å²) in [6.45, 7) is 5.08. The molecule has 0 aromatic carbocycles. The maximum absolute atomic E-state index is 11.6. The highest BCUT2D eigenvalue weighted by Crippen LogP contribution is 2.09. The van der Waals surface area contributed by atoms with E-state index in [0.29, 0.717) is 13.0 Å². The van der Waals surface area contributed by atoms with E-state index in [9.17, 15) is 4.79 Å². The van der Waals surface area contributed by atoms with Crippen molar-refractivity contribution in [3.8, 4) is 0 Å². The lowest BCUT2D eigenvalue weighted by Crippen LogP contribution is -2.05. The van der Waals surface area contributed by atoms with Crippen molar-refractivity contribution in [2.45, 2.75) is 117 Å². The smallest absolute Gasteiger partial charge is 0.305 e. The Kier molecular flexibility index (Phi) is 19.6. The molecule has 0 saturated carbocycles. The van der Waals surface area contributed by atoms with Crippen molar-refractivity contribution < 1.29 is 9.53 Å². The molecule has 2 nitrogen and oxygen atoms in total. The molecular weight excluding hydrogens is 296 g/mol. The van der Waals surface area contributed by atoms with Crippen LogP contribution in [0.2, 0.25) is 0 Å². The van der Waals surface area contributed by atoms with Gasteiger partial charge in [0.25, 0.3) is 0 Å². The molecule has 0 spiro atoms. The number of esters is 1. The van der Waals surface area contributed by atoms with Crippen LogP contribution >= 0.6 is 0 Å². The van der Waals surface area contributed by atoms with Gasteiger partial charge in [-0.05, 0) is 32.1 Å². The van der Waals surface area contributed by atoms with Gasteiger partial charge in [-0.3, -0.25) is 4.79 Å². The molecule has 0 aromatic rings. The zero-order valence-corrected chi connectivity index (χ0v) is 16.5. The third-order valence-electron chi connectivity index (χ3n) is 4.40. The Labute approximate surface area is 151 Å². The molecule has 0 aliphatic rings. The first-order chi connectivity index (χ1) is 11.8. The predicted octanol–water partition coefficient (Wildman–Crippen LogP) is 7.37. The van der Waals surface area contributed by atoms with Gasteiger partial charge in [-0.1, -0.05) is 90.2 Å². The van der Waals surface area contributed by atoms with Gasteiger partial charge in [0.05, 0.1) is 6.61 Å². The highest BCUT2D eigenvalue weighted by Gasteiger charge is 2.02. The first-order valence-electron chi connectivity index (χ1n) is 10.6. The quantitative estimate of drug-likeness (QED) is 0.148. The van der Waals surface area contributed by atoms with Gasteiger partial charge in [0, 0.05) is 6.42 Å². The summed E-state index contributed by atoms with van der Waals surface area (Å²) < 4.78 is 5.29. The second kappa shape index (κ2) is 20.3. The topological polar surface area (TPSA) is 26.3 Å². The Hall–Kier alpha value is -0.790. The summed E-state index contributed by atoms with van der Waals surface area (Å²) in [5.74, 6) is 0.00224. The van der Waals surface area contributed by atoms with Crippen molar-refractivity contribution in [1.29, 1.82) is 0 Å². The first-order valence-corrected chi connectivity index (χ1v) is 10.6. The van der Waals surface area contributed by atoms with Gasteiger partial charge in [0.1, 0.15) is 0 Å². The van der Waals surface area contributed by atoms with Crippen molar-refractivity contribution in [2.75, 3.05) is 6.61 Å². The maximum atomic E-state index is 11.6. The van der Waals surface area contributed by atoms with Crippen LogP contribution in [0.4, 0.5) is 0 Å². The SMILES string of the molecule is CCCC/C=C\CCCCCCCC(=O)OCCCCCCCC. The van der Waals surface area contributed by atoms with E-state index in [4.69, 9.17) is 4.74 Å². The van der Waals surface area contributed by atoms with E-state index in [0.717, 1.165) is 19.3 Å². The van der Waals surface area contributed by atoms with E-state index in [2.05, 4.69) is 26.0 Å². The maximum Gasteiger partial charge on any atom is 0.305 e. The van der Waals surface area contributed by atoms with E-state index < -0.39 is 0 Å². The van der Waals surface area contributed by atoms with Crippen molar-refractivity contribution in [1.82, 2.24) is 0 Å². The fourth-order valence-corrected chi connectivity index (χ4v) is 2.76. The van der Waals surface area contributed by atoms with Gasteiger partial charge in [-0.25, -0.2) is 0 Å². The number of unbranched alkanes of at least 4 members (excludes halogenated alkanes) is 12. The van der Waals surface area contributed by atoms with Gasteiger partial charge < -0.3 is 4.74 Å². The number of carbonyl (C=O) groups is 1. The molecule has 0 unspecified atom stereocenters. The third-order valence-corrected chi connectivity index (χ3v) is 4.40.